The van der Waals surface area contributed by atoms with Gasteiger partial charge in [0.15, 0.2) is 17.0 Å². The Morgan fingerprint density at radius 2 is 2.03 bits per heavy atom. The summed E-state index contributed by atoms with van der Waals surface area (Å²) in [6, 6.07) is -0.397. The van der Waals surface area contributed by atoms with Crippen LogP contribution in [0.2, 0.25) is 0 Å². The van der Waals surface area contributed by atoms with Gasteiger partial charge in [0.25, 0.3) is 0 Å². The summed E-state index contributed by atoms with van der Waals surface area (Å²) in [4.78, 5) is 37.2. The number of ether oxygens (including phenoxy) is 1. The van der Waals surface area contributed by atoms with Crippen molar-refractivity contribution in [3.05, 3.63) is 24.5 Å². The van der Waals surface area contributed by atoms with Crippen molar-refractivity contribution in [3.63, 3.8) is 0 Å². The molecular formula is C21H28N8O2. The number of nitrogens with one attached hydrogen (secondary N) is 1. The molecule has 4 rings (SSSR count). The van der Waals surface area contributed by atoms with Gasteiger partial charge < -0.3 is 19.5 Å². The Morgan fingerprint density at radius 3 is 2.68 bits per heavy atom. The zero-order valence-corrected chi connectivity index (χ0v) is 18.4. The molecule has 1 N–H and O–H groups in total. The van der Waals surface area contributed by atoms with Gasteiger partial charge in [0, 0.05) is 39.1 Å². The molecule has 10 nitrogen and oxygen atoms in total. The SMILES string of the molecule is CCC(Nc1ncnc2c1nc(-c1cnc(C)nc1)n2CC)C(=O)N1CCC(OC)C1. The normalized spacial score (nSPS) is 17.3. The summed E-state index contributed by atoms with van der Waals surface area (Å²) in [5.74, 6) is 2.03. The first-order valence-corrected chi connectivity index (χ1v) is 10.6. The van der Waals surface area contributed by atoms with Crippen LogP contribution < -0.4 is 5.32 Å². The van der Waals surface area contributed by atoms with E-state index in [1.54, 1.807) is 19.5 Å². The van der Waals surface area contributed by atoms with Gasteiger partial charge in [-0.15, -0.1) is 0 Å². The third kappa shape index (κ3) is 4.07. The van der Waals surface area contributed by atoms with Crippen LogP contribution >= 0.6 is 0 Å². The second-order valence-corrected chi connectivity index (χ2v) is 7.63. The maximum absolute atomic E-state index is 13.1. The van der Waals surface area contributed by atoms with Gasteiger partial charge >= 0.3 is 0 Å². The molecule has 0 saturated carbocycles. The first kappa shape index (κ1) is 21.1. The summed E-state index contributed by atoms with van der Waals surface area (Å²) in [6.45, 7) is 7.87. The molecule has 10 heteroatoms. The van der Waals surface area contributed by atoms with Crippen molar-refractivity contribution >= 4 is 22.9 Å². The Balaban J connectivity index is 1.66. The van der Waals surface area contributed by atoms with Crippen molar-refractivity contribution in [1.82, 2.24) is 34.4 Å². The lowest BCUT2D eigenvalue weighted by molar-refractivity contribution is -0.131. The molecule has 0 aromatic carbocycles. The van der Waals surface area contributed by atoms with Gasteiger partial charge in [-0.2, -0.15) is 0 Å². The molecule has 4 heterocycles. The molecule has 1 fully saturated rings. The van der Waals surface area contributed by atoms with Crippen molar-refractivity contribution in [2.45, 2.75) is 52.3 Å². The zero-order valence-electron chi connectivity index (χ0n) is 18.4. The molecule has 164 valence electrons. The number of carbonyl (C=O) groups is 1. The summed E-state index contributed by atoms with van der Waals surface area (Å²) in [5.41, 5.74) is 2.14. The van der Waals surface area contributed by atoms with Crippen LogP contribution in [0.5, 0.6) is 0 Å². The van der Waals surface area contributed by atoms with Gasteiger partial charge in [-0.3, -0.25) is 4.79 Å². The van der Waals surface area contributed by atoms with Crippen LogP contribution in [-0.4, -0.2) is 72.6 Å². The van der Waals surface area contributed by atoms with Crippen molar-refractivity contribution < 1.29 is 9.53 Å². The lowest BCUT2D eigenvalue weighted by atomic mass is 10.2. The van der Waals surface area contributed by atoms with Crippen LogP contribution in [0.1, 0.15) is 32.5 Å². The lowest BCUT2D eigenvalue weighted by Crippen LogP contribution is -2.42. The molecule has 3 aromatic rings. The number of nitrogens with zero attached hydrogens (tertiary/aromatic N) is 7. The Kier molecular flexibility index (Phi) is 6.08. The summed E-state index contributed by atoms with van der Waals surface area (Å²) >= 11 is 0. The second-order valence-electron chi connectivity index (χ2n) is 7.63. The number of carbonyl (C=O) groups excluding carboxylic acids is 1. The molecule has 1 amide bonds. The molecule has 1 aliphatic rings. The first-order chi connectivity index (χ1) is 15.0. The number of methoxy groups -OCH3 is 1. The van der Waals surface area contributed by atoms with E-state index in [4.69, 9.17) is 9.72 Å². The summed E-state index contributed by atoms with van der Waals surface area (Å²) in [6.07, 6.45) is 6.61. The molecule has 2 unspecified atom stereocenters. The van der Waals surface area contributed by atoms with E-state index in [9.17, 15) is 4.79 Å². The van der Waals surface area contributed by atoms with Crippen LogP contribution in [0.25, 0.3) is 22.6 Å². The molecule has 0 spiro atoms. The highest BCUT2D eigenvalue weighted by Crippen LogP contribution is 2.27. The summed E-state index contributed by atoms with van der Waals surface area (Å²) in [5, 5.41) is 3.32. The second kappa shape index (κ2) is 8.93. The predicted octanol–water partition coefficient (Wildman–Crippen LogP) is 2.05. The van der Waals surface area contributed by atoms with Gasteiger partial charge in [-0.25, -0.2) is 24.9 Å². The van der Waals surface area contributed by atoms with Gasteiger partial charge in [0.2, 0.25) is 5.91 Å². The molecule has 3 aromatic heterocycles. The van der Waals surface area contributed by atoms with E-state index in [1.165, 1.54) is 6.33 Å². The number of aromatic nitrogens is 6. The van der Waals surface area contributed by atoms with E-state index in [1.807, 2.05) is 30.2 Å². The predicted molar refractivity (Wildman–Crippen MR) is 116 cm³/mol. The maximum Gasteiger partial charge on any atom is 0.245 e. The minimum atomic E-state index is -0.397. The Morgan fingerprint density at radius 1 is 1.26 bits per heavy atom. The standard InChI is InChI=1S/C21H28N8O2/c1-5-16(21(30)28-8-7-15(11-28)31-4)26-18-17-20(25-12-24-18)29(6-2)19(27-17)14-9-22-13(3)23-10-14/h9-10,12,15-16H,5-8,11H2,1-4H3,(H,24,25,26). The lowest BCUT2D eigenvalue weighted by Gasteiger charge is -2.23. The van der Waals surface area contributed by atoms with E-state index in [0.29, 0.717) is 48.9 Å². The van der Waals surface area contributed by atoms with Gasteiger partial charge in [-0.1, -0.05) is 6.92 Å². The number of fused-ring (bicyclic) bond motifs is 1. The number of hydrogen-bond donors (Lipinski definition) is 1. The fraction of sp³-hybridized carbons (Fsp3) is 0.524. The van der Waals surface area contributed by atoms with Crippen LogP contribution in [0.4, 0.5) is 5.82 Å². The highest BCUT2D eigenvalue weighted by molar-refractivity contribution is 5.90. The number of rotatable bonds is 7. The van der Waals surface area contributed by atoms with E-state index in [2.05, 4.69) is 25.3 Å². The molecule has 0 aliphatic carbocycles. The zero-order chi connectivity index (χ0) is 22.0. The first-order valence-electron chi connectivity index (χ1n) is 10.6. The molecule has 0 bridgehead atoms. The number of anilines is 1. The van der Waals surface area contributed by atoms with E-state index in [-0.39, 0.29) is 12.0 Å². The van der Waals surface area contributed by atoms with Crippen molar-refractivity contribution in [2.24, 2.45) is 0 Å². The van der Waals surface area contributed by atoms with Crippen molar-refractivity contribution in [3.8, 4) is 11.4 Å². The molecule has 2 atom stereocenters. The molecular weight excluding hydrogens is 396 g/mol. The molecule has 1 saturated heterocycles. The molecule has 1 aliphatic heterocycles. The quantitative estimate of drug-likeness (QED) is 0.613. The highest BCUT2D eigenvalue weighted by Gasteiger charge is 2.31. The monoisotopic (exact) mass is 424 g/mol. The number of hydrogen-bond acceptors (Lipinski definition) is 8. The van der Waals surface area contributed by atoms with E-state index < -0.39 is 6.04 Å². The highest BCUT2D eigenvalue weighted by atomic mass is 16.5. The average Bonchev–Trinajstić information content (AvgIpc) is 3.42. The maximum atomic E-state index is 13.1. The van der Waals surface area contributed by atoms with Crippen LogP contribution in [-0.2, 0) is 16.1 Å². The van der Waals surface area contributed by atoms with Crippen molar-refractivity contribution in [1.29, 1.82) is 0 Å². The molecule has 0 radical (unpaired) electrons. The third-order valence-electron chi connectivity index (χ3n) is 5.69. The number of aryl methyl sites for hydroxylation is 2. The Bertz CT molecular complexity index is 1070. The smallest absolute Gasteiger partial charge is 0.245 e. The molecule has 31 heavy (non-hydrogen) atoms. The average molecular weight is 425 g/mol. The number of imidazole rings is 1. The number of likely N-dealkylation sites (tertiary alicyclic amines) is 1. The van der Waals surface area contributed by atoms with Gasteiger partial charge in [0.1, 0.15) is 24.0 Å². The van der Waals surface area contributed by atoms with Gasteiger partial charge in [-0.05, 0) is 26.7 Å². The van der Waals surface area contributed by atoms with Crippen molar-refractivity contribution in [2.75, 3.05) is 25.5 Å². The van der Waals surface area contributed by atoms with E-state index in [0.717, 1.165) is 17.8 Å². The Hall–Kier alpha value is -3.14. The summed E-state index contributed by atoms with van der Waals surface area (Å²) in [7, 11) is 1.69. The fourth-order valence-corrected chi connectivity index (χ4v) is 3.91. The summed E-state index contributed by atoms with van der Waals surface area (Å²) < 4.78 is 7.40. The minimum Gasteiger partial charge on any atom is -0.380 e. The van der Waals surface area contributed by atoms with Crippen LogP contribution in [0, 0.1) is 6.92 Å². The van der Waals surface area contributed by atoms with Crippen LogP contribution in [0.3, 0.4) is 0 Å². The fourth-order valence-electron chi connectivity index (χ4n) is 3.91. The third-order valence-corrected chi connectivity index (χ3v) is 5.69. The topological polar surface area (TPSA) is 111 Å². The minimum absolute atomic E-state index is 0.0518. The van der Waals surface area contributed by atoms with E-state index >= 15 is 0 Å². The Labute approximate surface area is 181 Å². The van der Waals surface area contributed by atoms with Crippen LogP contribution in [0.15, 0.2) is 18.7 Å². The number of amides is 1. The van der Waals surface area contributed by atoms with Gasteiger partial charge in [0.05, 0.1) is 11.7 Å². The largest absolute Gasteiger partial charge is 0.380 e.